The molecule has 92 valence electrons. The molecule has 0 spiro atoms. The topological polar surface area (TPSA) is 41.6 Å². The summed E-state index contributed by atoms with van der Waals surface area (Å²) in [6, 6.07) is 8.44. The molecule has 4 heteroatoms. The second-order valence-corrected chi connectivity index (χ2v) is 5.48. The number of nitrogens with zero attached hydrogens (tertiary/aromatic N) is 2. The minimum atomic E-state index is 0.676. The zero-order valence-corrected chi connectivity index (χ0v) is 11.0. The Kier molecular flexibility index (Phi) is 4.31. The van der Waals surface area contributed by atoms with Crippen LogP contribution in [0.1, 0.15) is 11.1 Å². The molecule has 0 bridgehead atoms. The van der Waals surface area contributed by atoms with E-state index in [4.69, 9.17) is 5.73 Å². The normalized spacial score (nSPS) is 17.2. The molecule has 2 N–H and O–H groups in total. The van der Waals surface area contributed by atoms with Gasteiger partial charge >= 0.3 is 0 Å². The highest BCUT2D eigenvalue weighted by molar-refractivity contribution is 7.99. The first-order chi connectivity index (χ1) is 8.25. The van der Waals surface area contributed by atoms with Gasteiger partial charge in [0, 0.05) is 24.6 Å². The quantitative estimate of drug-likeness (QED) is 0.642. The average Bonchev–Trinajstić information content (AvgIpc) is 2.39. The fourth-order valence-corrected chi connectivity index (χ4v) is 2.66. The van der Waals surface area contributed by atoms with Crippen LogP contribution in [0.15, 0.2) is 29.3 Å². The molecule has 0 aromatic heterocycles. The van der Waals surface area contributed by atoms with E-state index in [0.29, 0.717) is 12.5 Å². The molecule has 1 aromatic rings. The average molecular weight is 249 g/mol. The maximum absolute atomic E-state index is 5.99. The van der Waals surface area contributed by atoms with Crippen molar-refractivity contribution in [3.05, 3.63) is 35.4 Å². The van der Waals surface area contributed by atoms with Crippen LogP contribution in [0.25, 0.3) is 0 Å². The molecule has 17 heavy (non-hydrogen) atoms. The van der Waals surface area contributed by atoms with Crippen molar-refractivity contribution < 1.29 is 0 Å². The highest BCUT2D eigenvalue weighted by Gasteiger charge is 2.11. The Labute approximate surface area is 107 Å². The molecule has 1 aliphatic heterocycles. The monoisotopic (exact) mass is 249 g/mol. The first-order valence-corrected chi connectivity index (χ1v) is 7.09. The van der Waals surface area contributed by atoms with E-state index < -0.39 is 0 Å². The van der Waals surface area contributed by atoms with Gasteiger partial charge in [0.2, 0.25) is 0 Å². The standard InChI is InChI=1S/C13H19N3S/c1-11-2-4-12(5-3-11)10-15-13(14)16-6-8-17-9-7-16/h2-5H,6-10H2,1H3,(H2,14,15). The molecule has 1 aliphatic rings. The highest BCUT2D eigenvalue weighted by atomic mass is 32.2. The summed E-state index contributed by atoms with van der Waals surface area (Å²) in [5, 5.41) is 0. The Morgan fingerprint density at radius 3 is 2.59 bits per heavy atom. The van der Waals surface area contributed by atoms with E-state index in [2.05, 4.69) is 41.1 Å². The molecule has 0 saturated carbocycles. The number of aryl methyl sites for hydroxylation is 1. The Balaban J connectivity index is 1.92. The minimum Gasteiger partial charge on any atom is -0.370 e. The number of hydrogen-bond acceptors (Lipinski definition) is 2. The molecule has 0 aliphatic carbocycles. The fourth-order valence-electron chi connectivity index (χ4n) is 1.76. The van der Waals surface area contributed by atoms with Gasteiger partial charge < -0.3 is 10.6 Å². The van der Waals surface area contributed by atoms with Gasteiger partial charge in [-0.15, -0.1) is 0 Å². The SMILES string of the molecule is Cc1ccc(CN=C(N)N2CCSCC2)cc1. The zero-order valence-electron chi connectivity index (χ0n) is 10.2. The van der Waals surface area contributed by atoms with E-state index in [1.165, 1.54) is 11.1 Å². The van der Waals surface area contributed by atoms with Gasteiger partial charge in [-0.3, -0.25) is 0 Å². The van der Waals surface area contributed by atoms with Crippen LogP contribution < -0.4 is 5.73 Å². The maximum atomic E-state index is 5.99. The Bertz CT molecular complexity index is 380. The number of thioether (sulfide) groups is 1. The lowest BCUT2D eigenvalue weighted by molar-refractivity contribution is 0.455. The van der Waals surface area contributed by atoms with Gasteiger partial charge in [0.15, 0.2) is 5.96 Å². The summed E-state index contributed by atoms with van der Waals surface area (Å²) in [6.07, 6.45) is 0. The lowest BCUT2D eigenvalue weighted by Gasteiger charge is -2.27. The second kappa shape index (κ2) is 5.96. The number of benzene rings is 1. The summed E-state index contributed by atoms with van der Waals surface area (Å²) in [4.78, 5) is 6.63. The number of aliphatic imine (C=N–C) groups is 1. The van der Waals surface area contributed by atoms with E-state index in [9.17, 15) is 0 Å². The molecule has 1 heterocycles. The summed E-state index contributed by atoms with van der Waals surface area (Å²) in [5.74, 6) is 2.99. The van der Waals surface area contributed by atoms with Crippen molar-refractivity contribution in [3.8, 4) is 0 Å². The van der Waals surface area contributed by atoms with Gasteiger partial charge in [-0.2, -0.15) is 11.8 Å². The minimum absolute atomic E-state index is 0.676. The predicted molar refractivity (Wildman–Crippen MR) is 75.4 cm³/mol. The molecule has 0 radical (unpaired) electrons. The van der Waals surface area contributed by atoms with Crippen molar-refractivity contribution in [3.63, 3.8) is 0 Å². The number of rotatable bonds is 2. The van der Waals surface area contributed by atoms with Crippen molar-refractivity contribution >= 4 is 17.7 Å². The lowest BCUT2D eigenvalue weighted by atomic mass is 10.1. The van der Waals surface area contributed by atoms with E-state index >= 15 is 0 Å². The first kappa shape index (κ1) is 12.3. The van der Waals surface area contributed by atoms with Crippen LogP contribution in [-0.2, 0) is 6.54 Å². The first-order valence-electron chi connectivity index (χ1n) is 5.94. The van der Waals surface area contributed by atoms with Crippen LogP contribution in [0.2, 0.25) is 0 Å². The molecule has 2 rings (SSSR count). The summed E-state index contributed by atoms with van der Waals surface area (Å²) >= 11 is 1.98. The van der Waals surface area contributed by atoms with Crippen molar-refractivity contribution in [2.24, 2.45) is 10.7 Å². The molecule has 1 fully saturated rings. The van der Waals surface area contributed by atoms with Gasteiger partial charge in [0.1, 0.15) is 0 Å². The Morgan fingerprint density at radius 1 is 1.29 bits per heavy atom. The summed E-state index contributed by atoms with van der Waals surface area (Å²) in [7, 11) is 0. The molecule has 1 saturated heterocycles. The predicted octanol–water partition coefficient (Wildman–Crippen LogP) is 1.86. The van der Waals surface area contributed by atoms with Crippen LogP contribution in [0.4, 0.5) is 0 Å². The maximum Gasteiger partial charge on any atom is 0.191 e. The van der Waals surface area contributed by atoms with E-state index in [1.807, 2.05) is 11.8 Å². The molecule has 0 amide bonds. The van der Waals surface area contributed by atoms with Crippen molar-refractivity contribution in [1.29, 1.82) is 0 Å². The Hall–Kier alpha value is -1.16. The van der Waals surface area contributed by atoms with Gasteiger partial charge in [0.05, 0.1) is 6.54 Å². The number of guanidine groups is 1. The van der Waals surface area contributed by atoms with Crippen molar-refractivity contribution in [2.45, 2.75) is 13.5 Å². The van der Waals surface area contributed by atoms with Crippen LogP contribution in [-0.4, -0.2) is 35.5 Å². The van der Waals surface area contributed by atoms with Gasteiger partial charge in [-0.25, -0.2) is 4.99 Å². The summed E-state index contributed by atoms with van der Waals surface area (Å²) < 4.78 is 0. The smallest absolute Gasteiger partial charge is 0.191 e. The third-order valence-electron chi connectivity index (χ3n) is 2.88. The molecule has 0 unspecified atom stereocenters. The van der Waals surface area contributed by atoms with Crippen LogP contribution in [0, 0.1) is 6.92 Å². The van der Waals surface area contributed by atoms with Crippen molar-refractivity contribution in [1.82, 2.24) is 4.90 Å². The van der Waals surface area contributed by atoms with E-state index in [0.717, 1.165) is 24.6 Å². The van der Waals surface area contributed by atoms with E-state index in [1.54, 1.807) is 0 Å². The third-order valence-corrected chi connectivity index (χ3v) is 3.82. The Morgan fingerprint density at radius 2 is 1.94 bits per heavy atom. The number of nitrogens with two attached hydrogens (primary N) is 1. The van der Waals surface area contributed by atoms with Crippen LogP contribution in [0.3, 0.4) is 0 Å². The van der Waals surface area contributed by atoms with Crippen LogP contribution in [0.5, 0.6) is 0 Å². The van der Waals surface area contributed by atoms with Gasteiger partial charge in [-0.1, -0.05) is 29.8 Å². The third kappa shape index (κ3) is 3.66. The van der Waals surface area contributed by atoms with Crippen molar-refractivity contribution in [2.75, 3.05) is 24.6 Å². The van der Waals surface area contributed by atoms with Gasteiger partial charge in [-0.05, 0) is 12.5 Å². The van der Waals surface area contributed by atoms with Crippen LogP contribution >= 0.6 is 11.8 Å². The molecule has 0 atom stereocenters. The molecular formula is C13H19N3S. The largest absolute Gasteiger partial charge is 0.370 e. The highest BCUT2D eigenvalue weighted by Crippen LogP contribution is 2.09. The van der Waals surface area contributed by atoms with E-state index in [-0.39, 0.29) is 0 Å². The molecular weight excluding hydrogens is 230 g/mol. The number of hydrogen-bond donors (Lipinski definition) is 1. The second-order valence-electron chi connectivity index (χ2n) is 4.26. The molecule has 1 aromatic carbocycles. The summed E-state index contributed by atoms with van der Waals surface area (Å²) in [6.45, 7) is 4.81. The fraction of sp³-hybridized carbons (Fsp3) is 0.462. The lowest BCUT2D eigenvalue weighted by Crippen LogP contribution is -2.42. The zero-order chi connectivity index (χ0) is 12.1. The summed E-state index contributed by atoms with van der Waals surface area (Å²) in [5.41, 5.74) is 8.48. The van der Waals surface area contributed by atoms with Gasteiger partial charge in [0.25, 0.3) is 0 Å². The molecule has 3 nitrogen and oxygen atoms in total.